The van der Waals surface area contributed by atoms with Crippen molar-refractivity contribution >= 4 is 28.4 Å². The summed E-state index contributed by atoms with van der Waals surface area (Å²) in [6.45, 7) is 2.04. The largest absolute Gasteiger partial charge is 0.366 e. The summed E-state index contributed by atoms with van der Waals surface area (Å²) in [6, 6.07) is 6.12. The van der Waals surface area contributed by atoms with E-state index in [1.807, 2.05) is 18.2 Å². The van der Waals surface area contributed by atoms with Crippen LogP contribution in [0.2, 0.25) is 0 Å². The van der Waals surface area contributed by atoms with Crippen molar-refractivity contribution in [3.63, 3.8) is 0 Å². The first-order valence-corrected chi connectivity index (χ1v) is 10.6. The minimum absolute atomic E-state index is 0.0480. The Balaban J connectivity index is 1.37. The van der Waals surface area contributed by atoms with E-state index in [4.69, 9.17) is 9.97 Å². The first kappa shape index (κ1) is 18.9. The minimum Gasteiger partial charge on any atom is -0.366 e. The third-order valence-electron chi connectivity index (χ3n) is 5.89. The van der Waals surface area contributed by atoms with Crippen LogP contribution in [-0.4, -0.2) is 45.0 Å². The Morgan fingerprint density at radius 1 is 0.967 bits per heavy atom. The fourth-order valence-electron chi connectivity index (χ4n) is 3.86. The molecule has 1 aliphatic heterocycles. The van der Waals surface area contributed by atoms with E-state index in [0.717, 1.165) is 67.6 Å². The van der Waals surface area contributed by atoms with E-state index in [1.165, 1.54) is 0 Å². The van der Waals surface area contributed by atoms with E-state index in [0.29, 0.717) is 17.6 Å². The van der Waals surface area contributed by atoms with Crippen LogP contribution in [0.1, 0.15) is 32.1 Å². The maximum atomic E-state index is 12.2. The highest BCUT2D eigenvalue weighted by Crippen LogP contribution is 2.28. The highest BCUT2D eigenvalue weighted by molar-refractivity contribution is 5.94. The number of carbonyl (C=O) groups is 1. The SMILES string of the molecule is O=C(Nc1cc2nc(-c3cncc(NC4CCNCC4)n3)ccc2cn1)C1CCC1. The van der Waals surface area contributed by atoms with Gasteiger partial charge in [-0.2, -0.15) is 0 Å². The van der Waals surface area contributed by atoms with Gasteiger partial charge in [0.05, 0.1) is 23.6 Å². The Bertz CT molecular complexity index is 1060. The lowest BCUT2D eigenvalue weighted by atomic mass is 9.85. The maximum Gasteiger partial charge on any atom is 0.228 e. The second-order valence-corrected chi connectivity index (χ2v) is 8.03. The van der Waals surface area contributed by atoms with Crippen molar-refractivity contribution < 1.29 is 4.79 Å². The molecule has 1 aliphatic carbocycles. The van der Waals surface area contributed by atoms with Crippen molar-refractivity contribution in [2.24, 2.45) is 5.92 Å². The summed E-state index contributed by atoms with van der Waals surface area (Å²) in [5, 5.41) is 10.7. The van der Waals surface area contributed by atoms with Crippen molar-refractivity contribution in [2.75, 3.05) is 23.7 Å². The van der Waals surface area contributed by atoms with Crippen LogP contribution in [0.4, 0.5) is 11.6 Å². The van der Waals surface area contributed by atoms with Gasteiger partial charge < -0.3 is 16.0 Å². The number of pyridine rings is 2. The van der Waals surface area contributed by atoms with Gasteiger partial charge >= 0.3 is 0 Å². The predicted molar refractivity (Wildman–Crippen MR) is 116 cm³/mol. The Kier molecular flexibility index (Phi) is 5.23. The molecule has 0 bridgehead atoms. The number of rotatable bonds is 5. The van der Waals surface area contributed by atoms with Crippen LogP contribution in [-0.2, 0) is 4.79 Å². The summed E-state index contributed by atoms with van der Waals surface area (Å²) in [7, 11) is 0. The minimum atomic E-state index is 0.0480. The zero-order valence-electron chi connectivity index (χ0n) is 16.8. The Morgan fingerprint density at radius 3 is 2.63 bits per heavy atom. The second-order valence-electron chi connectivity index (χ2n) is 8.03. The van der Waals surface area contributed by atoms with Gasteiger partial charge in [0, 0.05) is 29.6 Å². The molecule has 3 aromatic heterocycles. The molecule has 154 valence electrons. The smallest absolute Gasteiger partial charge is 0.228 e. The van der Waals surface area contributed by atoms with E-state index in [1.54, 1.807) is 18.6 Å². The highest BCUT2D eigenvalue weighted by atomic mass is 16.2. The van der Waals surface area contributed by atoms with E-state index in [-0.39, 0.29) is 11.8 Å². The van der Waals surface area contributed by atoms with Gasteiger partial charge in [-0.3, -0.25) is 9.78 Å². The van der Waals surface area contributed by atoms with Crippen molar-refractivity contribution in [1.29, 1.82) is 0 Å². The predicted octanol–water partition coefficient (Wildman–Crippen LogP) is 2.99. The molecule has 0 aromatic carbocycles. The molecule has 4 heterocycles. The molecule has 8 nitrogen and oxygen atoms in total. The summed E-state index contributed by atoms with van der Waals surface area (Å²) in [4.78, 5) is 30.4. The summed E-state index contributed by atoms with van der Waals surface area (Å²) >= 11 is 0. The monoisotopic (exact) mass is 403 g/mol. The lowest BCUT2D eigenvalue weighted by molar-refractivity contribution is -0.122. The van der Waals surface area contributed by atoms with Gasteiger partial charge in [0.2, 0.25) is 5.91 Å². The number of aromatic nitrogens is 4. The van der Waals surface area contributed by atoms with Crippen molar-refractivity contribution in [3.8, 4) is 11.4 Å². The van der Waals surface area contributed by atoms with Crippen molar-refractivity contribution in [2.45, 2.75) is 38.1 Å². The standard InChI is InChI=1S/C22H25N7O/c30-22(14-2-1-3-14)29-20-10-18-15(11-25-20)4-5-17(27-18)19-12-24-13-21(28-19)26-16-6-8-23-9-7-16/h4-5,10-14,16,23H,1-3,6-9H2,(H,26,28)(H,25,29,30). The number of carbonyl (C=O) groups excluding carboxylic acids is 1. The molecule has 0 unspecified atom stereocenters. The van der Waals surface area contributed by atoms with Gasteiger partial charge in [-0.15, -0.1) is 0 Å². The average Bonchev–Trinajstić information content (AvgIpc) is 2.73. The number of fused-ring (bicyclic) bond motifs is 1. The molecule has 30 heavy (non-hydrogen) atoms. The lowest BCUT2D eigenvalue weighted by Gasteiger charge is -2.24. The van der Waals surface area contributed by atoms with Crippen LogP contribution in [0.15, 0.2) is 36.8 Å². The topological polar surface area (TPSA) is 105 Å². The maximum absolute atomic E-state index is 12.2. The zero-order chi connectivity index (χ0) is 20.3. The molecule has 1 saturated heterocycles. The van der Waals surface area contributed by atoms with Crippen LogP contribution >= 0.6 is 0 Å². The molecule has 5 rings (SSSR count). The number of anilines is 2. The summed E-state index contributed by atoms with van der Waals surface area (Å²) in [6.07, 6.45) is 10.4. The summed E-state index contributed by atoms with van der Waals surface area (Å²) < 4.78 is 0. The summed E-state index contributed by atoms with van der Waals surface area (Å²) in [5.74, 6) is 1.47. The molecule has 2 fully saturated rings. The van der Waals surface area contributed by atoms with Crippen LogP contribution < -0.4 is 16.0 Å². The van der Waals surface area contributed by atoms with Gasteiger partial charge in [0.1, 0.15) is 17.3 Å². The molecule has 1 saturated carbocycles. The van der Waals surface area contributed by atoms with E-state index >= 15 is 0 Å². The first-order chi connectivity index (χ1) is 14.7. The molecular weight excluding hydrogens is 378 g/mol. The highest BCUT2D eigenvalue weighted by Gasteiger charge is 2.25. The van der Waals surface area contributed by atoms with Crippen LogP contribution in [0, 0.1) is 5.92 Å². The molecule has 2 aliphatic rings. The van der Waals surface area contributed by atoms with E-state index < -0.39 is 0 Å². The van der Waals surface area contributed by atoms with E-state index in [9.17, 15) is 4.79 Å². The Morgan fingerprint density at radius 2 is 1.83 bits per heavy atom. The van der Waals surface area contributed by atoms with E-state index in [2.05, 4.69) is 25.9 Å². The van der Waals surface area contributed by atoms with Gasteiger partial charge in [0.25, 0.3) is 0 Å². The van der Waals surface area contributed by atoms with Crippen LogP contribution in [0.3, 0.4) is 0 Å². The number of piperidine rings is 1. The fraction of sp³-hybridized carbons (Fsp3) is 0.409. The number of nitrogens with one attached hydrogen (secondary N) is 3. The average molecular weight is 403 g/mol. The molecule has 0 radical (unpaired) electrons. The number of hydrogen-bond acceptors (Lipinski definition) is 7. The lowest BCUT2D eigenvalue weighted by Crippen LogP contribution is -2.35. The third-order valence-corrected chi connectivity index (χ3v) is 5.89. The van der Waals surface area contributed by atoms with Gasteiger partial charge in [0.15, 0.2) is 0 Å². The molecule has 0 atom stereocenters. The quantitative estimate of drug-likeness (QED) is 0.601. The molecule has 3 N–H and O–H groups in total. The van der Waals surface area contributed by atoms with Gasteiger partial charge in [-0.1, -0.05) is 6.42 Å². The number of amides is 1. The normalized spacial score (nSPS) is 17.5. The molecule has 8 heteroatoms. The number of hydrogen-bond donors (Lipinski definition) is 3. The van der Waals surface area contributed by atoms with Crippen molar-refractivity contribution in [1.82, 2.24) is 25.3 Å². The van der Waals surface area contributed by atoms with Crippen LogP contribution in [0.25, 0.3) is 22.3 Å². The molecule has 1 amide bonds. The van der Waals surface area contributed by atoms with Crippen LogP contribution in [0.5, 0.6) is 0 Å². The first-order valence-electron chi connectivity index (χ1n) is 10.6. The third kappa shape index (κ3) is 4.09. The fourth-order valence-corrected chi connectivity index (χ4v) is 3.86. The number of nitrogens with zero attached hydrogens (tertiary/aromatic N) is 4. The second kappa shape index (κ2) is 8.31. The molecular formula is C22H25N7O. The van der Waals surface area contributed by atoms with Gasteiger partial charge in [-0.25, -0.2) is 15.0 Å². The molecule has 0 spiro atoms. The Hall–Kier alpha value is -3.13. The van der Waals surface area contributed by atoms with Gasteiger partial charge in [-0.05, 0) is 50.9 Å². The zero-order valence-corrected chi connectivity index (χ0v) is 16.8. The Labute approximate surface area is 174 Å². The summed E-state index contributed by atoms with van der Waals surface area (Å²) in [5.41, 5.74) is 2.23. The molecule has 3 aromatic rings. The van der Waals surface area contributed by atoms with Crippen molar-refractivity contribution in [3.05, 3.63) is 36.8 Å².